The van der Waals surface area contributed by atoms with E-state index in [-0.39, 0.29) is 11.5 Å². The van der Waals surface area contributed by atoms with Gasteiger partial charge in [0.05, 0.1) is 36.6 Å². The molecule has 2 aliphatic heterocycles. The van der Waals surface area contributed by atoms with Crippen LogP contribution in [0.25, 0.3) is 10.9 Å². The van der Waals surface area contributed by atoms with Crippen LogP contribution in [0.15, 0.2) is 16.9 Å². The molecular weight excluding hydrogens is 428 g/mol. The fraction of sp³-hybridized carbons (Fsp3) is 0.609. The quantitative estimate of drug-likeness (QED) is 0.625. The van der Waals surface area contributed by atoms with Crippen LogP contribution in [-0.2, 0) is 10.5 Å². The lowest BCUT2D eigenvalue weighted by Gasteiger charge is -2.44. The van der Waals surface area contributed by atoms with Gasteiger partial charge in [0.25, 0.3) is 5.56 Å². The minimum atomic E-state index is -0.231. The number of carbonyl (C=O) groups excluding carboxylic acids is 1. The maximum Gasteiger partial charge on any atom is 0.258 e. The highest BCUT2D eigenvalue weighted by Gasteiger charge is 2.32. The minimum Gasteiger partial charge on any atom is -0.493 e. The van der Waals surface area contributed by atoms with E-state index in [9.17, 15) is 9.59 Å². The van der Waals surface area contributed by atoms with Gasteiger partial charge in [-0.15, -0.1) is 11.8 Å². The second-order valence-electron chi connectivity index (χ2n) is 8.54. The van der Waals surface area contributed by atoms with Crippen molar-refractivity contribution in [3.05, 3.63) is 28.3 Å². The Hall–Kier alpha value is -2.26. The summed E-state index contributed by atoms with van der Waals surface area (Å²) in [7, 11) is 3.08. The van der Waals surface area contributed by atoms with E-state index >= 15 is 0 Å². The van der Waals surface area contributed by atoms with Crippen LogP contribution >= 0.6 is 11.8 Å². The number of amides is 1. The Bertz CT molecular complexity index is 1010. The van der Waals surface area contributed by atoms with Gasteiger partial charge in [-0.1, -0.05) is 6.42 Å². The Morgan fingerprint density at radius 2 is 1.97 bits per heavy atom. The van der Waals surface area contributed by atoms with Crippen molar-refractivity contribution in [3.63, 3.8) is 0 Å². The summed E-state index contributed by atoms with van der Waals surface area (Å²) in [5.41, 5.74) is 0.311. The van der Waals surface area contributed by atoms with Crippen LogP contribution in [0.4, 0.5) is 0 Å². The molecule has 8 nitrogen and oxygen atoms in total. The number of rotatable bonds is 8. The van der Waals surface area contributed by atoms with Crippen molar-refractivity contribution in [1.29, 1.82) is 0 Å². The third kappa shape index (κ3) is 5.20. The molecule has 2 aromatic rings. The highest BCUT2D eigenvalue weighted by atomic mass is 32.2. The molecule has 0 bridgehead atoms. The third-order valence-electron chi connectivity index (χ3n) is 6.52. The van der Waals surface area contributed by atoms with Gasteiger partial charge < -0.3 is 24.7 Å². The molecule has 0 spiro atoms. The molecule has 2 fully saturated rings. The number of piperidine rings is 2. The zero-order valence-corrected chi connectivity index (χ0v) is 19.6. The first-order chi connectivity index (χ1) is 15.6. The number of aromatic nitrogens is 2. The van der Waals surface area contributed by atoms with E-state index in [4.69, 9.17) is 9.47 Å². The predicted octanol–water partition coefficient (Wildman–Crippen LogP) is 2.55. The van der Waals surface area contributed by atoms with Gasteiger partial charge in [-0.25, -0.2) is 4.98 Å². The molecule has 3 heterocycles. The number of ether oxygens (including phenoxy) is 2. The van der Waals surface area contributed by atoms with Crippen LogP contribution in [0.1, 0.15) is 37.9 Å². The summed E-state index contributed by atoms with van der Waals surface area (Å²) < 4.78 is 10.6. The summed E-state index contributed by atoms with van der Waals surface area (Å²) in [6, 6.07) is 3.96. The maximum atomic E-state index is 12.5. The molecule has 0 saturated carbocycles. The molecule has 0 unspecified atom stereocenters. The number of fused-ring (bicyclic) bond motifs is 2. The number of carbonyl (C=O) groups is 1. The summed E-state index contributed by atoms with van der Waals surface area (Å²) in [4.78, 5) is 34.8. The molecular formula is C23H32N4O4S. The van der Waals surface area contributed by atoms with E-state index < -0.39 is 0 Å². The topological polar surface area (TPSA) is 96.5 Å². The summed E-state index contributed by atoms with van der Waals surface area (Å²) in [6.07, 6.45) is 6.29. The summed E-state index contributed by atoms with van der Waals surface area (Å²) in [6.45, 7) is 3.18. The molecule has 0 aliphatic carbocycles. The average Bonchev–Trinajstić information content (AvgIpc) is 2.82. The van der Waals surface area contributed by atoms with Crippen LogP contribution < -0.4 is 20.3 Å². The molecule has 2 aliphatic rings. The maximum absolute atomic E-state index is 12.5. The standard InChI is InChI=1S/C23H32N4O4S/c1-30-19-10-16-17(11-20(19)31-2)25-21(26-23(16)29)13-32-14-22(28)24-12-15-6-5-9-27-8-4-3-7-18(15)27/h10-11,15,18H,3-9,12-14H2,1-2H3,(H,24,28)(H,25,26,29)/t15-,18-/m0/s1. The van der Waals surface area contributed by atoms with Crippen LogP contribution in [0.5, 0.6) is 11.5 Å². The van der Waals surface area contributed by atoms with Crippen molar-refractivity contribution >= 4 is 28.6 Å². The molecule has 0 radical (unpaired) electrons. The van der Waals surface area contributed by atoms with Gasteiger partial charge >= 0.3 is 0 Å². The monoisotopic (exact) mass is 460 g/mol. The lowest BCUT2D eigenvalue weighted by Crippen LogP contribution is -2.51. The second-order valence-corrected chi connectivity index (χ2v) is 9.52. The highest BCUT2D eigenvalue weighted by Crippen LogP contribution is 2.31. The Labute approximate surface area is 192 Å². The first kappa shape index (κ1) is 22.9. The smallest absolute Gasteiger partial charge is 0.258 e. The fourth-order valence-corrected chi connectivity index (χ4v) is 5.65. The number of aromatic amines is 1. The van der Waals surface area contributed by atoms with Crippen molar-refractivity contribution in [1.82, 2.24) is 20.2 Å². The van der Waals surface area contributed by atoms with E-state index in [1.54, 1.807) is 19.2 Å². The third-order valence-corrected chi connectivity index (χ3v) is 7.47. The second kappa shape index (κ2) is 10.6. The van der Waals surface area contributed by atoms with Gasteiger partial charge in [0.15, 0.2) is 11.5 Å². The van der Waals surface area contributed by atoms with Gasteiger partial charge in [-0.3, -0.25) is 9.59 Å². The molecule has 2 atom stereocenters. The molecule has 1 aromatic carbocycles. The number of nitrogens with one attached hydrogen (secondary N) is 2. The van der Waals surface area contributed by atoms with Crippen molar-refractivity contribution in [2.45, 2.75) is 43.9 Å². The van der Waals surface area contributed by atoms with E-state index in [2.05, 4.69) is 20.2 Å². The number of hydrogen-bond acceptors (Lipinski definition) is 7. The highest BCUT2D eigenvalue weighted by molar-refractivity contribution is 7.99. The van der Waals surface area contributed by atoms with Gasteiger partial charge in [-0.05, 0) is 50.8 Å². The molecule has 4 rings (SSSR count). The zero-order valence-electron chi connectivity index (χ0n) is 18.8. The molecule has 9 heteroatoms. The van der Waals surface area contributed by atoms with Crippen LogP contribution in [0.2, 0.25) is 0 Å². The number of benzene rings is 1. The van der Waals surface area contributed by atoms with E-state index in [0.29, 0.717) is 51.7 Å². The lowest BCUT2D eigenvalue weighted by atomic mass is 9.83. The Balaban J connectivity index is 1.30. The van der Waals surface area contributed by atoms with Gasteiger partial charge in [0.2, 0.25) is 5.91 Å². The van der Waals surface area contributed by atoms with Crippen LogP contribution in [0.3, 0.4) is 0 Å². The number of methoxy groups -OCH3 is 2. The van der Waals surface area contributed by atoms with Gasteiger partial charge in [-0.2, -0.15) is 0 Å². The summed E-state index contributed by atoms with van der Waals surface area (Å²) in [5, 5.41) is 3.57. The number of hydrogen-bond donors (Lipinski definition) is 2. The molecule has 1 amide bonds. The largest absolute Gasteiger partial charge is 0.493 e. The Morgan fingerprint density at radius 1 is 1.19 bits per heavy atom. The van der Waals surface area contributed by atoms with Crippen LogP contribution in [0, 0.1) is 5.92 Å². The molecule has 32 heavy (non-hydrogen) atoms. The molecule has 2 saturated heterocycles. The first-order valence-electron chi connectivity index (χ1n) is 11.3. The molecule has 174 valence electrons. The summed E-state index contributed by atoms with van der Waals surface area (Å²) in [5.74, 6) is 2.94. The number of H-pyrrole nitrogens is 1. The SMILES string of the molecule is COc1cc2nc(CSCC(=O)NC[C@@H]3CCCN4CCCC[C@@H]34)[nH]c(=O)c2cc1OC. The van der Waals surface area contributed by atoms with Crippen molar-refractivity contribution < 1.29 is 14.3 Å². The number of thioether (sulfide) groups is 1. The predicted molar refractivity (Wildman–Crippen MR) is 127 cm³/mol. The van der Waals surface area contributed by atoms with E-state index in [0.717, 1.165) is 6.54 Å². The minimum absolute atomic E-state index is 0.0393. The van der Waals surface area contributed by atoms with Crippen LogP contribution in [-0.4, -0.2) is 66.4 Å². The average molecular weight is 461 g/mol. The van der Waals surface area contributed by atoms with Crippen molar-refractivity contribution in [2.75, 3.05) is 39.6 Å². The molecule has 1 aromatic heterocycles. The van der Waals surface area contributed by atoms with E-state index in [1.807, 2.05) is 0 Å². The van der Waals surface area contributed by atoms with Gasteiger partial charge in [0, 0.05) is 18.7 Å². The van der Waals surface area contributed by atoms with Crippen molar-refractivity contribution in [3.8, 4) is 11.5 Å². The Morgan fingerprint density at radius 3 is 2.78 bits per heavy atom. The lowest BCUT2D eigenvalue weighted by molar-refractivity contribution is -0.119. The van der Waals surface area contributed by atoms with E-state index in [1.165, 1.54) is 64.1 Å². The number of nitrogens with zero attached hydrogens (tertiary/aromatic N) is 2. The van der Waals surface area contributed by atoms with Crippen molar-refractivity contribution in [2.24, 2.45) is 5.92 Å². The Kier molecular flexibility index (Phi) is 7.57. The zero-order chi connectivity index (χ0) is 22.5. The molecule has 2 N–H and O–H groups in total. The first-order valence-corrected chi connectivity index (χ1v) is 12.5. The summed E-state index contributed by atoms with van der Waals surface area (Å²) >= 11 is 1.45. The van der Waals surface area contributed by atoms with Gasteiger partial charge in [0.1, 0.15) is 5.82 Å². The fourth-order valence-electron chi connectivity index (χ4n) is 4.93. The normalized spacial score (nSPS) is 21.2.